The van der Waals surface area contributed by atoms with Crippen LogP contribution in [0.2, 0.25) is 0 Å². The van der Waals surface area contributed by atoms with Gasteiger partial charge < -0.3 is 10.1 Å². The van der Waals surface area contributed by atoms with Gasteiger partial charge in [-0.1, -0.05) is 45.8 Å². The zero-order valence-corrected chi connectivity index (χ0v) is 17.0. The fraction of sp³-hybridized carbons (Fsp3) is 0.409. The number of carbonyl (C=O) groups is 1. The molecule has 0 aromatic heterocycles. The van der Waals surface area contributed by atoms with Crippen molar-refractivity contribution in [1.82, 2.24) is 5.32 Å². The van der Waals surface area contributed by atoms with Crippen molar-refractivity contribution in [2.75, 3.05) is 6.61 Å². The maximum Gasteiger partial charge on any atom is 0.220 e. The molecule has 1 saturated carbocycles. The minimum atomic E-state index is 0.105. The van der Waals surface area contributed by atoms with Crippen LogP contribution in [0.5, 0.6) is 5.75 Å². The van der Waals surface area contributed by atoms with Gasteiger partial charge >= 0.3 is 0 Å². The van der Waals surface area contributed by atoms with Crippen LogP contribution in [0.15, 0.2) is 53.0 Å². The molecule has 1 aliphatic carbocycles. The van der Waals surface area contributed by atoms with Gasteiger partial charge in [-0.3, -0.25) is 4.79 Å². The number of nitrogens with one attached hydrogen (secondary N) is 1. The van der Waals surface area contributed by atoms with Gasteiger partial charge in [-0.25, -0.2) is 0 Å². The highest BCUT2D eigenvalue weighted by molar-refractivity contribution is 9.10. The summed E-state index contributed by atoms with van der Waals surface area (Å²) in [7, 11) is 0. The third-order valence-electron chi connectivity index (χ3n) is 5.25. The van der Waals surface area contributed by atoms with Gasteiger partial charge in [-0.15, -0.1) is 0 Å². The summed E-state index contributed by atoms with van der Waals surface area (Å²) in [6.07, 6.45) is 3.48. The van der Waals surface area contributed by atoms with Gasteiger partial charge in [0.1, 0.15) is 5.75 Å². The lowest BCUT2D eigenvalue weighted by atomic mass is 9.89. The Bertz CT molecular complexity index is 736. The number of hydrogen-bond donors (Lipinski definition) is 1. The first-order valence-corrected chi connectivity index (χ1v) is 10.0. The Balaban J connectivity index is 1.43. The van der Waals surface area contributed by atoms with Crippen LogP contribution < -0.4 is 10.1 Å². The molecule has 1 N–H and O–H groups in total. The Morgan fingerprint density at radius 1 is 1.15 bits per heavy atom. The van der Waals surface area contributed by atoms with Crippen LogP contribution in [-0.2, 0) is 10.2 Å². The number of aryl methyl sites for hydroxylation is 1. The molecule has 1 unspecified atom stereocenters. The fourth-order valence-electron chi connectivity index (χ4n) is 3.40. The van der Waals surface area contributed by atoms with Crippen molar-refractivity contribution in [2.24, 2.45) is 0 Å². The van der Waals surface area contributed by atoms with Crippen LogP contribution >= 0.6 is 15.9 Å². The van der Waals surface area contributed by atoms with Gasteiger partial charge in [0.15, 0.2) is 0 Å². The predicted octanol–water partition coefficient (Wildman–Crippen LogP) is 5.15. The molecule has 2 aromatic rings. The minimum Gasteiger partial charge on any atom is -0.494 e. The molecule has 2 aromatic carbocycles. The predicted molar refractivity (Wildman–Crippen MR) is 109 cm³/mol. The van der Waals surface area contributed by atoms with Gasteiger partial charge in [0, 0.05) is 22.4 Å². The Hall–Kier alpha value is -1.81. The third kappa shape index (κ3) is 4.67. The first-order chi connectivity index (χ1) is 12.5. The van der Waals surface area contributed by atoms with E-state index in [4.69, 9.17) is 4.74 Å². The standard InChI is InChI=1S/C22H26BrNO2/c1-16-5-11-20(12-6-16)26-15-3-4-21(25)24-17(2)22(13-14-22)18-7-9-19(23)10-8-18/h5-12,17H,3-4,13-15H2,1-2H3,(H,24,25). The molecule has 138 valence electrons. The lowest BCUT2D eigenvalue weighted by molar-refractivity contribution is -0.122. The topological polar surface area (TPSA) is 38.3 Å². The van der Waals surface area contributed by atoms with Crippen LogP contribution in [0.4, 0.5) is 0 Å². The van der Waals surface area contributed by atoms with Crippen molar-refractivity contribution in [3.8, 4) is 5.75 Å². The number of ether oxygens (including phenoxy) is 1. The van der Waals surface area contributed by atoms with E-state index < -0.39 is 0 Å². The molecule has 0 aliphatic heterocycles. The summed E-state index contributed by atoms with van der Waals surface area (Å²) in [5.41, 5.74) is 2.64. The van der Waals surface area contributed by atoms with E-state index in [1.165, 1.54) is 11.1 Å². The van der Waals surface area contributed by atoms with Crippen molar-refractivity contribution in [2.45, 2.75) is 51.0 Å². The molecule has 0 heterocycles. The maximum atomic E-state index is 12.3. The largest absolute Gasteiger partial charge is 0.494 e. The molecule has 1 amide bonds. The molecule has 3 rings (SSSR count). The minimum absolute atomic E-state index is 0.105. The zero-order chi connectivity index (χ0) is 18.6. The van der Waals surface area contributed by atoms with Crippen molar-refractivity contribution >= 4 is 21.8 Å². The van der Waals surface area contributed by atoms with Gasteiger partial charge in [0.2, 0.25) is 5.91 Å². The summed E-state index contributed by atoms with van der Waals surface area (Å²) in [6, 6.07) is 16.6. The van der Waals surface area contributed by atoms with Gasteiger partial charge in [-0.2, -0.15) is 0 Å². The monoisotopic (exact) mass is 415 g/mol. The molecule has 0 saturated heterocycles. The van der Waals surface area contributed by atoms with Crippen LogP contribution in [-0.4, -0.2) is 18.6 Å². The number of carbonyl (C=O) groups excluding carboxylic acids is 1. The van der Waals surface area contributed by atoms with E-state index in [0.717, 1.165) is 29.5 Å². The molecule has 0 bridgehead atoms. The first-order valence-electron chi connectivity index (χ1n) is 9.24. The lowest BCUT2D eigenvalue weighted by Crippen LogP contribution is -2.41. The third-order valence-corrected chi connectivity index (χ3v) is 5.78. The summed E-state index contributed by atoms with van der Waals surface area (Å²) in [5, 5.41) is 3.20. The van der Waals surface area contributed by atoms with E-state index in [2.05, 4.69) is 59.4 Å². The van der Waals surface area contributed by atoms with E-state index in [-0.39, 0.29) is 17.4 Å². The second-order valence-corrected chi connectivity index (χ2v) is 8.13. The normalized spacial score (nSPS) is 16.0. The summed E-state index contributed by atoms with van der Waals surface area (Å²) in [4.78, 5) is 12.3. The van der Waals surface area contributed by atoms with Crippen molar-refractivity contribution < 1.29 is 9.53 Å². The average molecular weight is 416 g/mol. The second kappa shape index (κ2) is 8.26. The van der Waals surface area contributed by atoms with E-state index >= 15 is 0 Å². The average Bonchev–Trinajstić information content (AvgIpc) is 3.43. The smallest absolute Gasteiger partial charge is 0.220 e. The summed E-state index contributed by atoms with van der Waals surface area (Å²) < 4.78 is 6.78. The van der Waals surface area contributed by atoms with Gasteiger partial charge in [-0.05, 0) is 62.9 Å². The van der Waals surface area contributed by atoms with E-state index in [9.17, 15) is 4.79 Å². The van der Waals surface area contributed by atoms with Crippen LogP contribution in [0, 0.1) is 6.92 Å². The fourth-order valence-corrected chi connectivity index (χ4v) is 3.66. The molecule has 0 spiro atoms. The number of amides is 1. The highest BCUT2D eigenvalue weighted by Crippen LogP contribution is 2.51. The summed E-state index contributed by atoms with van der Waals surface area (Å²) in [6.45, 7) is 4.73. The van der Waals surface area contributed by atoms with E-state index in [1.807, 2.05) is 24.3 Å². The molecule has 0 radical (unpaired) electrons. The first kappa shape index (κ1) is 19.0. The number of benzene rings is 2. The number of hydrogen-bond acceptors (Lipinski definition) is 2. The van der Waals surface area contributed by atoms with Crippen LogP contribution in [0.25, 0.3) is 0 Å². The van der Waals surface area contributed by atoms with Crippen molar-refractivity contribution in [3.05, 3.63) is 64.1 Å². The highest BCUT2D eigenvalue weighted by Gasteiger charge is 2.49. The Morgan fingerprint density at radius 2 is 1.81 bits per heavy atom. The molecule has 1 atom stereocenters. The molecule has 1 aliphatic rings. The van der Waals surface area contributed by atoms with E-state index in [0.29, 0.717) is 13.0 Å². The van der Waals surface area contributed by atoms with E-state index in [1.54, 1.807) is 0 Å². The summed E-state index contributed by atoms with van der Waals surface area (Å²) in [5.74, 6) is 0.963. The van der Waals surface area contributed by atoms with Crippen molar-refractivity contribution in [3.63, 3.8) is 0 Å². The molecule has 1 fully saturated rings. The molecule has 4 heteroatoms. The SMILES string of the molecule is Cc1ccc(OCCCC(=O)NC(C)C2(c3ccc(Br)cc3)CC2)cc1. The van der Waals surface area contributed by atoms with Crippen molar-refractivity contribution in [1.29, 1.82) is 0 Å². The Kier molecular flexibility index (Phi) is 6.02. The maximum absolute atomic E-state index is 12.3. The zero-order valence-electron chi connectivity index (χ0n) is 15.4. The van der Waals surface area contributed by atoms with Gasteiger partial charge in [0.25, 0.3) is 0 Å². The molecular formula is C22H26BrNO2. The molecule has 26 heavy (non-hydrogen) atoms. The molecular weight excluding hydrogens is 390 g/mol. The van der Waals surface area contributed by atoms with Crippen LogP contribution in [0.1, 0.15) is 43.7 Å². The Morgan fingerprint density at radius 3 is 2.42 bits per heavy atom. The van der Waals surface area contributed by atoms with Crippen LogP contribution in [0.3, 0.4) is 0 Å². The second-order valence-electron chi connectivity index (χ2n) is 7.22. The van der Waals surface area contributed by atoms with Gasteiger partial charge in [0.05, 0.1) is 6.61 Å². The number of halogens is 1. The quantitative estimate of drug-likeness (QED) is 0.605. The summed E-state index contributed by atoms with van der Waals surface area (Å²) >= 11 is 3.48. The highest BCUT2D eigenvalue weighted by atomic mass is 79.9. The molecule has 3 nitrogen and oxygen atoms in total. The number of rotatable bonds is 8. The lowest BCUT2D eigenvalue weighted by Gasteiger charge is -2.25. The Labute approximate surface area is 164 Å².